The van der Waals surface area contributed by atoms with E-state index in [-0.39, 0.29) is 18.1 Å². The number of hydrogen-bond acceptors (Lipinski definition) is 8. The van der Waals surface area contributed by atoms with Crippen LogP contribution in [0.4, 0.5) is 5.69 Å². The van der Waals surface area contributed by atoms with Crippen LogP contribution >= 0.6 is 0 Å². The molecule has 41 heavy (non-hydrogen) atoms. The number of rotatable bonds is 17. The van der Waals surface area contributed by atoms with Crippen molar-refractivity contribution in [1.29, 1.82) is 0 Å². The van der Waals surface area contributed by atoms with Crippen molar-refractivity contribution < 1.29 is 28.4 Å². The predicted octanol–water partition coefficient (Wildman–Crippen LogP) is 4.54. The fourth-order valence-electron chi connectivity index (χ4n) is 5.76. The van der Waals surface area contributed by atoms with Crippen LogP contribution in [-0.2, 0) is 36.9 Å². The highest BCUT2D eigenvalue weighted by Gasteiger charge is 2.36. The number of anilines is 1. The van der Waals surface area contributed by atoms with Gasteiger partial charge in [0.15, 0.2) is 0 Å². The van der Waals surface area contributed by atoms with Gasteiger partial charge in [-0.2, -0.15) is 0 Å². The van der Waals surface area contributed by atoms with E-state index >= 15 is 0 Å². The zero-order chi connectivity index (χ0) is 28.3. The van der Waals surface area contributed by atoms with Crippen molar-refractivity contribution >= 4 is 5.69 Å². The summed E-state index contributed by atoms with van der Waals surface area (Å²) in [5.41, 5.74) is 4.76. The van der Waals surface area contributed by atoms with E-state index < -0.39 is 0 Å². The van der Waals surface area contributed by atoms with E-state index in [0.29, 0.717) is 33.0 Å². The molecule has 1 N–H and O–H groups in total. The first-order valence-electron chi connectivity index (χ1n) is 15.3. The molecule has 8 heteroatoms. The average Bonchev–Trinajstić information content (AvgIpc) is 3.83. The predicted molar refractivity (Wildman–Crippen MR) is 160 cm³/mol. The van der Waals surface area contributed by atoms with Crippen LogP contribution in [0.2, 0.25) is 0 Å². The zero-order valence-corrected chi connectivity index (χ0v) is 24.9. The molecule has 3 atom stereocenters. The summed E-state index contributed by atoms with van der Waals surface area (Å²) < 4.78 is 35.5. The van der Waals surface area contributed by atoms with Gasteiger partial charge in [0.05, 0.1) is 37.7 Å². The van der Waals surface area contributed by atoms with Crippen LogP contribution in [0.25, 0.3) is 0 Å². The number of nitrogens with one attached hydrogen (secondary N) is 1. The Labute approximate surface area is 245 Å². The van der Waals surface area contributed by atoms with E-state index in [1.807, 2.05) is 0 Å². The fourth-order valence-corrected chi connectivity index (χ4v) is 5.76. The summed E-state index contributed by atoms with van der Waals surface area (Å²) in [5, 5.41) is 3.56. The third-order valence-corrected chi connectivity index (χ3v) is 8.22. The minimum Gasteiger partial charge on any atom is -0.490 e. The Morgan fingerprint density at radius 1 is 0.854 bits per heavy atom. The molecule has 1 aliphatic carbocycles. The fraction of sp³-hybridized carbons (Fsp3) is 0.636. The van der Waals surface area contributed by atoms with Gasteiger partial charge in [-0.15, -0.1) is 0 Å². The number of methoxy groups -OCH3 is 2. The van der Waals surface area contributed by atoms with Gasteiger partial charge in [0.2, 0.25) is 0 Å². The third kappa shape index (κ3) is 8.89. The number of hydrogen-bond donors (Lipinski definition) is 1. The molecule has 0 spiro atoms. The van der Waals surface area contributed by atoms with Gasteiger partial charge >= 0.3 is 0 Å². The van der Waals surface area contributed by atoms with Gasteiger partial charge in [0, 0.05) is 66.2 Å². The average molecular weight is 569 g/mol. The molecule has 3 aliphatic rings. The Morgan fingerprint density at radius 3 is 2.39 bits per heavy atom. The highest BCUT2D eigenvalue weighted by Crippen LogP contribution is 2.35. The second-order valence-electron chi connectivity index (χ2n) is 11.5. The molecular weight excluding hydrogens is 520 g/mol. The molecule has 2 aromatic rings. The molecule has 2 aromatic carbocycles. The first kappa shape index (κ1) is 30.3. The minimum absolute atomic E-state index is 0.0155. The zero-order valence-electron chi connectivity index (χ0n) is 24.9. The number of nitrogens with zero attached hydrogens (tertiary/aromatic N) is 1. The van der Waals surface area contributed by atoms with Crippen LogP contribution in [0.5, 0.6) is 5.75 Å². The molecule has 0 unspecified atom stereocenters. The van der Waals surface area contributed by atoms with Crippen molar-refractivity contribution in [2.75, 3.05) is 78.3 Å². The van der Waals surface area contributed by atoms with Crippen molar-refractivity contribution in [3.05, 3.63) is 59.2 Å². The summed E-state index contributed by atoms with van der Waals surface area (Å²) in [6, 6.07) is 15.3. The van der Waals surface area contributed by atoms with Gasteiger partial charge < -0.3 is 38.6 Å². The van der Waals surface area contributed by atoms with E-state index in [4.69, 9.17) is 28.4 Å². The van der Waals surface area contributed by atoms with Crippen LogP contribution < -0.4 is 15.0 Å². The molecule has 2 fully saturated rings. The smallest absolute Gasteiger partial charge is 0.142 e. The van der Waals surface area contributed by atoms with Gasteiger partial charge in [-0.1, -0.05) is 30.3 Å². The van der Waals surface area contributed by atoms with Crippen molar-refractivity contribution in [3.8, 4) is 5.75 Å². The lowest BCUT2D eigenvalue weighted by Gasteiger charge is -2.39. The summed E-state index contributed by atoms with van der Waals surface area (Å²) in [5.74, 6) is 1.85. The highest BCUT2D eigenvalue weighted by molar-refractivity contribution is 5.61. The van der Waals surface area contributed by atoms with E-state index in [2.05, 4.69) is 52.7 Å². The molecule has 8 nitrogen and oxygen atoms in total. The first-order chi connectivity index (χ1) is 20.2. The van der Waals surface area contributed by atoms with E-state index in [9.17, 15) is 0 Å². The molecule has 0 amide bonds. The van der Waals surface area contributed by atoms with Crippen LogP contribution in [0.3, 0.4) is 0 Å². The normalized spacial score (nSPS) is 22.4. The van der Waals surface area contributed by atoms with Gasteiger partial charge in [0.25, 0.3) is 0 Å². The quantitative estimate of drug-likeness (QED) is 0.279. The molecule has 2 aliphatic heterocycles. The molecule has 226 valence electrons. The van der Waals surface area contributed by atoms with Crippen LogP contribution in [-0.4, -0.2) is 85.6 Å². The number of fused-ring (bicyclic) bond motifs is 1. The van der Waals surface area contributed by atoms with Crippen molar-refractivity contribution in [2.45, 2.75) is 57.0 Å². The molecule has 5 rings (SSSR count). The Morgan fingerprint density at radius 2 is 1.61 bits per heavy atom. The van der Waals surface area contributed by atoms with Gasteiger partial charge in [0.1, 0.15) is 12.4 Å². The van der Waals surface area contributed by atoms with Crippen molar-refractivity contribution in [3.63, 3.8) is 0 Å². The Balaban J connectivity index is 1.25. The molecule has 0 aromatic heterocycles. The van der Waals surface area contributed by atoms with Gasteiger partial charge in [-0.3, -0.25) is 0 Å². The lowest BCUT2D eigenvalue weighted by atomic mass is 9.85. The summed E-state index contributed by atoms with van der Waals surface area (Å²) in [7, 11) is 3.49. The van der Waals surface area contributed by atoms with Crippen molar-refractivity contribution in [2.24, 2.45) is 5.92 Å². The Kier molecular flexibility index (Phi) is 11.7. The lowest BCUT2D eigenvalue weighted by Crippen LogP contribution is -2.50. The Bertz CT molecular complexity index is 1050. The number of benzene rings is 2. The summed E-state index contributed by atoms with van der Waals surface area (Å²) in [6.07, 6.45) is 4.50. The van der Waals surface area contributed by atoms with E-state index in [0.717, 1.165) is 75.2 Å². The molecule has 1 saturated carbocycles. The second kappa shape index (κ2) is 15.9. The van der Waals surface area contributed by atoms with Crippen molar-refractivity contribution in [1.82, 2.24) is 5.32 Å². The summed E-state index contributed by atoms with van der Waals surface area (Å²) in [6.45, 7) is 8.34. The maximum absolute atomic E-state index is 6.68. The first-order valence-corrected chi connectivity index (χ1v) is 15.3. The molecule has 2 heterocycles. The number of ether oxygens (including phenoxy) is 6. The molecule has 0 radical (unpaired) electrons. The van der Waals surface area contributed by atoms with Crippen LogP contribution in [0.1, 0.15) is 48.3 Å². The van der Waals surface area contributed by atoms with Crippen LogP contribution in [0.15, 0.2) is 42.5 Å². The SMILES string of the molecule is COCCCO[C@@H]1CNC[C@H](OCc2ccc3c(c2)N(CCCOC)CCO3)[C@H]1c1ccc(COCC2CC2)cc1. The molecular formula is C33H48N2O6. The lowest BCUT2D eigenvalue weighted by molar-refractivity contribution is -0.0622. The second-order valence-corrected chi connectivity index (χ2v) is 11.5. The summed E-state index contributed by atoms with van der Waals surface area (Å²) >= 11 is 0. The Hall–Kier alpha value is -2.20. The standard InChI is InChI=1S/C33H48N2O6/c1-36-15-3-13-35-14-18-40-30-12-9-27(19-29(30)35)24-41-32-21-34-20-31(39-17-4-16-37-2)33(32)28-10-7-26(8-11-28)23-38-22-25-5-6-25/h7-12,19,25,31-34H,3-6,13-18,20-24H2,1-2H3/t31-,32+,33+/m1/s1. The van der Waals surface area contributed by atoms with Gasteiger partial charge in [-0.25, -0.2) is 0 Å². The van der Waals surface area contributed by atoms with E-state index in [1.54, 1.807) is 14.2 Å². The maximum atomic E-state index is 6.68. The number of piperidine rings is 1. The summed E-state index contributed by atoms with van der Waals surface area (Å²) in [4.78, 5) is 2.39. The topological polar surface area (TPSA) is 70.7 Å². The molecule has 0 bridgehead atoms. The minimum atomic E-state index is -0.0155. The monoisotopic (exact) mass is 568 g/mol. The van der Waals surface area contributed by atoms with E-state index in [1.165, 1.54) is 24.0 Å². The third-order valence-electron chi connectivity index (χ3n) is 8.22. The van der Waals surface area contributed by atoms with Crippen LogP contribution in [0, 0.1) is 5.92 Å². The highest BCUT2D eigenvalue weighted by atomic mass is 16.5. The maximum Gasteiger partial charge on any atom is 0.142 e. The largest absolute Gasteiger partial charge is 0.490 e. The van der Waals surface area contributed by atoms with Gasteiger partial charge in [-0.05, 0) is 60.4 Å². The molecule has 1 saturated heterocycles.